The number of nitrogens with one attached hydrogen (secondary N) is 1. The van der Waals surface area contributed by atoms with Gasteiger partial charge in [-0.2, -0.15) is 13.2 Å². The lowest BCUT2D eigenvalue weighted by molar-refractivity contribution is -0.192. The van der Waals surface area contributed by atoms with Gasteiger partial charge in [-0.3, -0.25) is 9.69 Å². The van der Waals surface area contributed by atoms with Gasteiger partial charge in [-0.1, -0.05) is 6.92 Å². The standard InChI is InChI=1S/C19H28N2O3.C2HF3O2/c1-2-14-6-7-15(24-14)10-21-11-17(16-8-9-23-18(16)12-21)19(22)20-13-4-3-5-13;3-2(4,5)1(6)7/h6-7,13,16-18H,2-5,8-12H2,1H3,(H,20,22);(H,6,7)/t16-,17+,18+;/m0./s1. The summed E-state index contributed by atoms with van der Waals surface area (Å²) in [6.45, 7) is 5.36. The number of fused-ring (bicyclic) bond motifs is 1. The molecule has 0 bridgehead atoms. The lowest BCUT2D eigenvalue weighted by atomic mass is 9.81. The van der Waals surface area contributed by atoms with Crippen molar-refractivity contribution >= 4 is 11.9 Å². The first-order valence-electron chi connectivity index (χ1n) is 10.7. The lowest BCUT2D eigenvalue weighted by Gasteiger charge is -2.40. The Hall–Kier alpha value is -2.07. The average molecular weight is 446 g/mol. The summed E-state index contributed by atoms with van der Waals surface area (Å²) in [6, 6.07) is 4.52. The number of hydrogen-bond acceptors (Lipinski definition) is 5. The molecule has 1 saturated carbocycles. The molecule has 3 fully saturated rings. The van der Waals surface area contributed by atoms with Crippen LogP contribution < -0.4 is 5.32 Å². The molecule has 0 aromatic carbocycles. The van der Waals surface area contributed by atoms with Crippen LogP contribution in [0.15, 0.2) is 16.5 Å². The average Bonchev–Trinajstić information content (AvgIpc) is 3.32. The van der Waals surface area contributed by atoms with E-state index >= 15 is 0 Å². The number of carboxylic acids is 1. The zero-order chi connectivity index (χ0) is 22.6. The summed E-state index contributed by atoms with van der Waals surface area (Å²) in [7, 11) is 0. The van der Waals surface area contributed by atoms with Crippen LogP contribution in [0.1, 0.15) is 44.1 Å². The zero-order valence-corrected chi connectivity index (χ0v) is 17.5. The molecule has 3 heterocycles. The number of aliphatic carboxylic acids is 1. The quantitative estimate of drug-likeness (QED) is 0.723. The van der Waals surface area contributed by atoms with Crippen LogP contribution in [-0.2, 0) is 27.3 Å². The van der Waals surface area contributed by atoms with Crippen LogP contribution in [0.4, 0.5) is 13.2 Å². The highest BCUT2D eigenvalue weighted by molar-refractivity contribution is 5.80. The molecule has 1 aliphatic carbocycles. The Balaban J connectivity index is 0.000000339. The number of carbonyl (C=O) groups excluding carboxylic acids is 1. The number of carboxylic acid groups (broad SMARTS) is 1. The van der Waals surface area contributed by atoms with E-state index < -0.39 is 12.1 Å². The fourth-order valence-corrected chi connectivity index (χ4v) is 4.24. The highest BCUT2D eigenvalue weighted by Gasteiger charge is 2.44. The molecule has 2 saturated heterocycles. The number of halogens is 3. The first-order chi connectivity index (χ1) is 14.7. The first kappa shape index (κ1) is 23.6. The predicted molar refractivity (Wildman–Crippen MR) is 104 cm³/mol. The molecular formula is C21H29F3N2O5. The molecule has 4 rings (SSSR count). The topological polar surface area (TPSA) is 92.0 Å². The predicted octanol–water partition coefficient (Wildman–Crippen LogP) is 2.98. The smallest absolute Gasteiger partial charge is 0.475 e. The van der Waals surface area contributed by atoms with Crippen LogP contribution >= 0.6 is 0 Å². The fraction of sp³-hybridized carbons (Fsp3) is 0.714. The van der Waals surface area contributed by atoms with Gasteiger partial charge in [0, 0.05) is 38.1 Å². The number of piperidine rings is 1. The minimum absolute atomic E-state index is 0.0486. The molecule has 3 atom stereocenters. The molecular weight excluding hydrogens is 417 g/mol. The fourth-order valence-electron chi connectivity index (χ4n) is 4.24. The summed E-state index contributed by atoms with van der Waals surface area (Å²) in [5, 5.41) is 10.4. The molecule has 7 nitrogen and oxygen atoms in total. The van der Waals surface area contributed by atoms with Crippen LogP contribution in [0.25, 0.3) is 0 Å². The van der Waals surface area contributed by atoms with E-state index in [4.69, 9.17) is 19.1 Å². The second-order valence-corrected chi connectivity index (χ2v) is 8.32. The highest BCUT2D eigenvalue weighted by Crippen LogP contribution is 2.35. The Morgan fingerprint density at radius 3 is 2.42 bits per heavy atom. The van der Waals surface area contributed by atoms with Crippen LogP contribution in [0.3, 0.4) is 0 Å². The maximum atomic E-state index is 12.8. The molecule has 3 aliphatic rings. The monoisotopic (exact) mass is 446 g/mol. The number of aryl methyl sites for hydroxylation is 1. The number of likely N-dealkylation sites (tertiary alicyclic amines) is 1. The first-order valence-corrected chi connectivity index (χ1v) is 10.7. The number of amides is 1. The minimum Gasteiger partial charge on any atom is -0.475 e. The Morgan fingerprint density at radius 2 is 1.87 bits per heavy atom. The van der Waals surface area contributed by atoms with E-state index in [1.807, 2.05) is 0 Å². The second-order valence-electron chi connectivity index (χ2n) is 8.32. The van der Waals surface area contributed by atoms with Crippen LogP contribution in [-0.4, -0.2) is 59.9 Å². The third-order valence-corrected chi connectivity index (χ3v) is 6.15. The molecule has 1 aromatic rings. The van der Waals surface area contributed by atoms with E-state index in [0.29, 0.717) is 12.0 Å². The molecule has 0 radical (unpaired) electrons. The largest absolute Gasteiger partial charge is 0.490 e. The van der Waals surface area contributed by atoms with E-state index in [1.165, 1.54) is 6.42 Å². The summed E-state index contributed by atoms with van der Waals surface area (Å²) in [5.74, 6) is -0.0830. The maximum absolute atomic E-state index is 12.8. The van der Waals surface area contributed by atoms with Gasteiger partial charge in [0.05, 0.1) is 18.6 Å². The van der Waals surface area contributed by atoms with E-state index in [9.17, 15) is 18.0 Å². The molecule has 1 amide bonds. The van der Waals surface area contributed by atoms with E-state index in [2.05, 4.69) is 29.3 Å². The Labute approximate surface area is 178 Å². The minimum atomic E-state index is -5.08. The second kappa shape index (κ2) is 10.0. The Kier molecular flexibility index (Phi) is 7.64. The normalized spacial score (nSPS) is 26.4. The molecule has 31 heavy (non-hydrogen) atoms. The summed E-state index contributed by atoms with van der Waals surface area (Å²) in [5.41, 5.74) is 0. The molecule has 2 N–H and O–H groups in total. The van der Waals surface area contributed by atoms with Crippen molar-refractivity contribution in [1.82, 2.24) is 10.2 Å². The van der Waals surface area contributed by atoms with Crippen molar-refractivity contribution in [2.45, 2.75) is 63.9 Å². The molecule has 0 spiro atoms. The van der Waals surface area contributed by atoms with Gasteiger partial charge in [-0.25, -0.2) is 4.79 Å². The number of carbonyl (C=O) groups is 2. The van der Waals surface area contributed by atoms with Crippen molar-refractivity contribution in [2.24, 2.45) is 11.8 Å². The van der Waals surface area contributed by atoms with Gasteiger partial charge in [-0.05, 0) is 37.8 Å². The van der Waals surface area contributed by atoms with Crippen molar-refractivity contribution in [2.75, 3.05) is 19.7 Å². The van der Waals surface area contributed by atoms with Gasteiger partial charge >= 0.3 is 12.1 Å². The van der Waals surface area contributed by atoms with Crippen molar-refractivity contribution < 1.29 is 37.0 Å². The van der Waals surface area contributed by atoms with E-state index in [-0.39, 0.29) is 17.9 Å². The van der Waals surface area contributed by atoms with Crippen molar-refractivity contribution in [3.8, 4) is 0 Å². The summed E-state index contributed by atoms with van der Waals surface area (Å²) >= 11 is 0. The number of rotatable bonds is 5. The molecule has 0 unspecified atom stereocenters. The van der Waals surface area contributed by atoms with Crippen LogP contribution in [0.2, 0.25) is 0 Å². The van der Waals surface area contributed by atoms with Crippen LogP contribution in [0.5, 0.6) is 0 Å². The number of ether oxygens (including phenoxy) is 1. The Morgan fingerprint density at radius 1 is 1.19 bits per heavy atom. The van der Waals surface area contributed by atoms with Gasteiger partial charge in [0.15, 0.2) is 0 Å². The number of nitrogens with zero attached hydrogens (tertiary/aromatic N) is 1. The van der Waals surface area contributed by atoms with E-state index in [1.54, 1.807) is 0 Å². The third-order valence-electron chi connectivity index (χ3n) is 6.15. The third kappa shape index (κ3) is 6.22. The summed E-state index contributed by atoms with van der Waals surface area (Å²) in [6.07, 6.45) is 0.562. The molecule has 10 heteroatoms. The van der Waals surface area contributed by atoms with Crippen molar-refractivity contribution in [1.29, 1.82) is 0 Å². The zero-order valence-electron chi connectivity index (χ0n) is 17.5. The SMILES string of the molecule is CCc1ccc(CN2C[C@H]3OCC[C@H]3[C@H](C(=O)NC3CCC3)C2)o1.O=C(O)C(F)(F)F. The molecule has 174 valence electrons. The van der Waals surface area contributed by atoms with Gasteiger partial charge in [-0.15, -0.1) is 0 Å². The van der Waals surface area contributed by atoms with Gasteiger partial charge in [0.25, 0.3) is 0 Å². The summed E-state index contributed by atoms with van der Waals surface area (Å²) in [4.78, 5) is 24.0. The highest BCUT2D eigenvalue weighted by atomic mass is 19.4. The Bertz CT molecular complexity index is 762. The van der Waals surface area contributed by atoms with Crippen molar-refractivity contribution in [3.05, 3.63) is 23.7 Å². The van der Waals surface area contributed by atoms with Gasteiger partial charge < -0.3 is 19.6 Å². The molecule has 1 aromatic heterocycles. The lowest BCUT2D eigenvalue weighted by Crippen LogP contribution is -2.54. The number of hydrogen-bond donors (Lipinski definition) is 2. The number of furan rings is 1. The summed E-state index contributed by atoms with van der Waals surface area (Å²) < 4.78 is 43.5. The van der Waals surface area contributed by atoms with Gasteiger partial charge in [0.2, 0.25) is 5.91 Å². The van der Waals surface area contributed by atoms with Crippen molar-refractivity contribution in [3.63, 3.8) is 0 Å². The van der Waals surface area contributed by atoms with Crippen LogP contribution in [0, 0.1) is 11.8 Å². The number of alkyl halides is 3. The molecule has 2 aliphatic heterocycles. The maximum Gasteiger partial charge on any atom is 0.490 e. The van der Waals surface area contributed by atoms with Gasteiger partial charge in [0.1, 0.15) is 11.5 Å². The van der Waals surface area contributed by atoms with E-state index in [0.717, 1.165) is 63.4 Å².